The van der Waals surface area contributed by atoms with Crippen LogP contribution in [0, 0.1) is 19.8 Å². The van der Waals surface area contributed by atoms with E-state index in [1.807, 2.05) is 49.9 Å². The Kier molecular flexibility index (Phi) is 5.89. The van der Waals surface area contributed by atoms with Crippen LogP contribution in [0.2, 0.25) is 0 Å². The minimum absolute atomic E-state index is 0.0113. The summed E-state index contributed by atoms with van der Waals surface area (Å²) in [7, 11) is 0. The van der Waals surface area contributed by atoms with E-state index >= 15 is 0 Å². The van der Waals surface area contributed by atoms with Gasteiger partial charge in [0.15, 0.2) is 0 Å². The molecule has 0 radical (unpaired) electrons. The van der Waals surface area contributed by atoms with Gasteiger partial charge in [-0.15, -0.1) is 0 Å². The number of carbonyl (C=O) groups is 2. The Morgan fingerprint density at radius 1 is 1.15 bits per heavy atom. The molecule has 1 aromatic carbocycles. The van der Waals surface area contributed by atoms with Gasteiger partial charge in [0, 0.05) is 31.0 Å². The summed E-state index contributed by atoms with van der Waals surface area (Å²) < 4.78 is 0. The lowest BCUT2D eigenvalue weighted by atomic mass is 9.95. The maximum absolute atomic E-state index is 12.9. The number of nitrogens with zero attached hydrogens (tertiary/aromatic N) is 2. The van der Waals surface area contributed by atoms with Crippen LogP contribution >= 0.6 is 0 Å². The lowest BCUT2D eigenvalue weighted by Gasteiger charge is -2.33. The summed E-state index contributed by atoms with van der Waals surface area (Å²) in [4.78, 5) is 31.5. The van der Waals surface area contributed by atoms with Gasteiger partial charge in [0.25, 0.3) is 5.91 Å². The first-order valence-corrected chi connectivity index (χ1v) is 9.52. The van der Waals surface area contributed by atoms with Crippen molar-refractivity contribution in [3.8, 4) is 0 Å². The van der Waals surface area contributed by atoms with E-state index in [1.165, 1.54) is 0 Å². The summed E-state index contributed by atoms with van der Waals surface area (Å²) in [6.07, 6.45) is 5.11. The minimum Gasteiger partial charge on any atom is -0.349 e. The van der Waals surface area contributed by atoms with Crippen molar-refractivity contribution in [2.75, 3.05) is 13.1 Å². The molecule has 142 valence electrons. The van der Waals surface area contributed by atoms with Crippen molar-refractivity contribution in [2.45, 2.75) is 39.7 Å². The lowest BCUT2D eigenvalue weighted by Crippen LogP contribution is -2.45. The summed E-state index contributed by atoms with van der Waals surface area (Å²) in [6, 6.07) is 9.63. The molecule has 0 saturated carbocycles. The van der Waals surface area contributed by atoms with Crippen molar-refractivity contribution < 1.29 is 9.59 Å². The number of aromatic nitrogens is 1. The number of aryl methyl sites for hydroxylation is 2. The van der Waals surface area contributed by atoms with Gasteiger partial charge in [-0.25, -0.2) is 0 Å². The Morgan fingerprint density at radius 3 is 2.48 bits per heavy atom. The highest BCUT2D eigenvalue weighted by Crippen LogP contribution is 2.21. The second-order valence-corrected chi connectivity index (χ2v) is 7.48. The van der Waals surface area contributed by atoms with Gasteiger partial charge in [0.05, 0.1) is 12.0 Å². The van der Waals surface area contributed by atoms with Crippen molar-refractivity contribution in [3.05, 3.63) is 65.0 Å². The van der Waals surface area contributed by atoms with Gasteiger partial charge >= 0.3 is 0 Å². The van der Waals surface area contributed by atoms with Crippen LogP contribution in [0.3, 0.4) is 0 Å². The molecular weight excluding hydrogens is 338 g/mol. The number of rotatable bonds is 4. The molecule has 1 aliphatic rings. The second-order valence-electron chi connectivity index (χ2n) is 7.48. The Hall–Kier alpha value is -2.69. The zero-order chi connectivity index (χ0) is 19.4. The summed E-state index contributed by atoms with van der Waals surface area (Å²) in [6.45, 7) is 7.14. The molecule has 0 bridgehead atoms. The predicted octanol–water partition coefficient (Wildman–Crippen LogP) is 3.43. The van der Waals surface area contributed by atoms with E-state index in [4.69, 9.17) is 0 Å². The van der Waals surface area contributed by atoms with Crippen LogP contribution in [0.25, 0.3) is 0 Å². The number of nitrogens with one attached hydrogen (secondary N) is 1. The number of carbonyl (C=O) groups excluding carboxylic acids is 2. The molecule has 1 N–H and O–H groups in total. The van der Waals surface area contributed by atoms with Crippen LogP contribution in [0.1, 0.15) is 52.9 Å². The topological polar surface area (TPSA) is 62.3 Å². The first kappa shape index (κ1) is 19.1. The number of pyridine rings is 1. The molecule has 2 heterocycles. The molecule has 5 heteroatoms. The summed E-state index contributed by atoms with van der Waals surface area (Å²) in [5, 5.41) is 3.08. The van der Waals surface area contributed by atoms with Crippen LogP contribution in [-0.4, -0.2) is 34.8 Å². The maximum Gasteiger partial charge on any atom is 0.253 e. The summed E-state index contributed by atoms with van der Waals surface area (Å²) >= 11 is 0. The number of hydrogen-bond donors (Lipinski definition) is 1. The molecule has 1 aromatic heterocycles. The van der Waals surface area contributed by atoms with E-state index in [1.54, 1.807) is 12.4 Å². The fourth-order valence-corrected chi connectivity index (χ4v) is 3.72. The van der Waals surface area contributed by atoms with Crippen molar-refractivity contribution in [3.63, 3.8) is 0 Å². The Bertz CT molecular complexity index is 799. The predicted molar refractivity (Wildman–Crippen MR) is 105 cm³/mol. The first-order valence-electron chi connectivity index (χ1n) is 9.52. The molecule has 1 aliphatic heterocycles. The molecule has 0 spiro atoms. The van der Waals surface area contributed by atoms with Gasteiger partial charge in [-0.3, -0.25) is 14.6 Å². The Morgan fingerprint density at radius 2 is 1.81 bits per heavy atom. The molecule has 27 heavy (non-hydrogen) atoms. The zero-order valence-corrected chi connectivity index (χ0v) is 16.2. The normalized spacial score (nSPS) is 18.0. The number of piperidine rings is 1. The van der Waals surface area contributed by atoms with Gasteiger partial charge in [-0.2, -0.15) is 0 Å². The lowest BCUT2D eigenvalue weighted by molar-refractivity contribution is -0.127. The van der Waals surface area contributed by atoms with E-state index in [2.05, 4.69) is 16.4 Å². The molecule has 0 aliphatic carbocycles. The number of benzene rings is 1. The molecule has 1 fully saturated rings. The van der Waals surface area contributed by atoms with E-state index in [-0.39, 0.29) is 23.8 Å². The Balaban J connectivity index is 1.64. The highest BCUT2D eigenvalue weighted by atomic mass is 16.2. The van der Waals surface area contributed by atoms with E-state index in [0.717, 1.165) is 29.5 Å². The number of amides is 2. The standard InChI is InChI=1S/C22H27N3O2/c1-15-11-16(2)13-20(12-15)22(27)25-10-4-5-19(14-25)21(26)24-17(3)18-6-8-23-9-7-18/h6-9,11-13,17,19H,4-5,10,14H2,1-3H3,(H,24,26)/t17-,19-/m0/s1. The van der Waals surface area contributed by atoms with Crippen LogP contribution in [0.4, 0.5) is 0 Å². The summed E-state index contributed by atoms with van der Waals surface area (Å²) in [5.41, 5.74) is 3.89. The molecule has 2 aromatic rings. The van der Waals surface area contributed by atoms with E-state index in [0.29, 0.717) is 18.7 Å². The Labute approximate surface area is 160 Å². The highest BCUT2D eigenvalue weighted by molar-refractivity contribution is 5.95. The smallest absolute Gasteiger partial charge is 0.253 e. The molecule has 5 nitrogen and oxygen atoms in total. The number of likely N-dealkylation sites (tertiary alicyclic amines) is 1. The third-order valence-corrected chi connectivity index (χ3v) is 5.11. The number of hydrogen-bond acceptors (Lipinski definition) is 3. The van der Waals surface area contributed by atoms with Crippen LogP contribution in [0.15, 0.2) is 42.7 Å². The molecular formula is C22H27N3O2. The largest absolute Gasteiger partial charge is 0.349 e. The van der Waals surface area contributed by atoms with Gasteiger partial charge in [0.2, 0.25) is 5.91 Å². The van der Waals surface area contributed by atoms with Gasteiger partial charge in [0.1, 0.15) is 0 Å². The molecule has 2 amide bonds. The van der Waals surface area contributed by atoms with Crippen molar-refractivity contribution >= 4 is 11.8 Å². The highest BCUT2D eigenvalue weighted by Gasteiger charge is 2.29. The average Bonchev–Trinajstić information content (AvgIpc) is 2.67. The van der Waals surface area contributed by atoms with Crippen molar-refractivity contribution in [2.24, 2.45) is 5.92 Å². The SMILES string of the molecule is Cc1cc(C)cc(C(=O)N2CCC[C@H](C(=O)N[C@@H](C)c3ccncc3)C2)c1. The molecule has 0 unspecified atom stereocenters. The molecule has 2 atom stereocenters. The van der Waals surface area contributed by atoms with Gasteiger partial charge < -0.3 is 10.2 Å². The summed E-state index contributed by atoms with van der Waals surface area (Å²) in [5.74, 6) is -0.142. The van der Waals surface area contributed by atoms with E-state index in [9.17, 15) is 9.59 Å². The zero-order valence-electron chi connectivity index (χ0n) is 16.2. The quantitative estimate of drug-likeness (QED) is 0.903. The molecule has 3 rings (SSSR count). The minimum atomic E-state index is -0.169. The monoisotopic (exact) mass is 365 g/mol. The second kappa shape index (κ2) is 8.33. The van der Waals surface area contributed by atoms with Crippen molar-refractivity contribution in [1.82, 2.24) is 15.2 Å². The third-order valence-electron chi connectivity index (χ3n) is 5.11. The fourth-order valence-electron chi connectivity index (χ4n) is 3.72. The average molecular weight is 365 g/mol. The van der Waals surface area contributed by atoms with Crippen molar-refractivity contribution in [1.29, 1.82) is 0 Å². The van der Waals surface area contributed by atoms with E-state index < -0.39 is 0 Å². The third kappa shape index (κ3) is 4.73. The van der Waals surface area contributed by atoms with Gasteiger partial charge in [-0.1, -0.05) is 17.2 Å². The fraction of sp³-hybridized carbons (Fsp3) is 0.409. The first-order chi connectivity index (χ1) is 12.9. The van der Waals surface area contributed by atoms with Crippen LogP contribution in [0.5, 0.6) is 0 Å². The molecule has 1 saturated heterocycles. The van der Waals surface area contributed by atoms with Crippen LogP contribution in [-0.2, 0) is 4.79 Å². The van der Waals surface area contributed by atoms with Gasteiger partial charge in [-0.05, 0) is 63.4 Å². The van der Waals surface area contributed by atoms with Crippen LogP contribution < -0.4 is 5.32 Å². The maximum atomic E-state index is 12.9.